The zero-order chi connectivity index (χ0) is 15.1. The van der Waals surface area contributed by atoms with Crippen LogP contribution in [0.4, 0.5) is 0 Å². The first-order valence-corrected chi connectivity index (χ1v) is 7.64. The topological polar surface area (TPSA) is 52.0 Å². The van der Waals surface area contributed by atoms with Gasteiger partial charge < -0.3 is 11.5 Å². The van der Waals surface area contributed by atoms with Crippen molar-refractivity contribution < 1.29 is 0 Å². The van der Waals surface area contributed by atoms with Crippen LogP contribution in [-0.2, 0) is 0 Å². The Balaban J connectivity index is 3.22. The standard InChI is InChI=1S/C17H34N2/c1-12(2)14-13(3)10-16(6,18)8-9-17(7,19)11-15(14,4)5/h8-9,12-14H,10-11,18-19H2,1-7H3/b9-8-. The normalized spacial score (nSPS) is 45.4. The number of hydrogen-bond acceptors (Lipinski definition) is 2. The molecule has 112 valence electrons. The van der Waals surface area contributed by atoms with Crippen LogP contribution in [0.15, 0.2) is 12.2 Å². The van der Waals surface area contributed by atoms with Crippen molar-refractivity contribution in [2.45, 2.75) is 72.4 Å². The van der Waals surface area contributed by atoms with E-state index in [-0.39, 0.29) is 16.5 Å². The molecule has 0 aromatic rings. The van der Waals surface area contributed by atoms with E-state index in [1.165, 1.54) is 0 Å². The third-order valence-corrected chi connectivity index (χ3v) is 4.68. The molecule has 0 amide bonds. The summed E-state index contributed by atoms with van der Waals surface area (Å²) < 4.78 is 0. The van der Waals surface area contributed by atoms with Crippen LogP contribution in [-0.4, -0.2) is 11.1 Å². The Morgan fingerprint density at radius 3 is 1.95 bits per heavy atom. The third kappa shape index (κ3) is 4.32. The van der Waals surface area contributed by atoms with Crippen molar-refractivity contribution in [3.63, 3.8) is 0 Å². The molecule has 0 heterocycles. The third-order valence-electron chi connectivity index (χ3n) is 4.68. The fraction of sp³-hybridized carbons (Fsp3) is 0.882. The Kier molecular flexibility index (Phi) is 4.59. The summed E-state index contributed by atoms with van der Waals surface area (Å²) in [6.07, 6.45) is 6.28. The number of hydrogen-bond donors (Lipinski definition) is 2. The quantitative estimate of drug-likeness (QED) is 0.711. The summed E-state index contributed by atoms with van der Waals surface area (Å²) in [5, 5.41) is 0. The molecule has 0 saturated carbocycles. The second-order valence-electron chi connectivity index (χ2n) is 8.46. The molecule has 0 radical (unpaired) electrons. The first-order valence-electron chi connectivity index (χ1n) is 7.64. The molecular formula is C17H34N2. The second kappa shape index (κ2) is 5.21. The first-order chi connectivity index (χ1) is 8.36. The Hall–Kier alpha value is -0.340. The van der Waals surface area contributed by atoms with Crippen molar-refractivity contribution in [1.82, 2.24) is 0 Å². The van der Waals surface area contributed by atoms with Gasteiger partial charge in [0.15, 0.2) is 0 Å². The molecule has 4 atom stereocenters. The minimum absolute atomic E-state index is 0.224. The highest BCUT2D eigenvalue weighted by molar-refractivity contribution is 5.14. The highest BCUT2D eigenvalue weighted by Gasteiger charge is 2.41. The largest absolute Gasteiger partial charge is 0.322 e. The van der Waals surface area contributed by atoms with Gasteiger partial charge in [-0.15, -0.1) is 0 Å². The molecule has 1 aliphatic carbocycles. The summed E-state index contributed by atoms with van der Waals surface area (Å²) in [4.78, 5) is 0. The molecule has 0 spiro atoms. The summed E-state index contributed by atoms with van der Waals surface area (Å²) in [7, 11) is 0. The summed E-state index contributed by atoms with van der Waals surface area (Å²) in [5.74, 6) is 1.89. The molecule has 4 N–H and O–H groups in total. The molecule has 2 nitrogen and oxygen atoms in total. The van der Waals surface area contributed by atoms with Crippen molar-refractivity contribution in [3.8, 4) is 0 Å². The van der Waals surface area contributed by atoms with Crippen molar-refractivity contribution >= 4 is 0 Å². The maximum Gasteiger partial charge on any atom is 0.0316 e. The van der Waals surface area contributed by atoms with Gasteiger partial charge in [0.1, 0.15) is 0 Å². The molecule has 0 aliphatic heterocycles. The van der Waals surface area contributed by atoms with Gasteiger partial charge in [0.05, 0.1) is 0 Å². The van der Waals surface area contributed by atoms with Gasteiger partial charge in [0.25, 0.3) is 0 Å². The van der Waals surface area contributed by atoms with Crippen LogP contribution in [0.25, 0.3) is 0 Å². The average molecular weight is 266 g/mol. The van der Waals surface area contributed by atoms with E-state index in [0.29, 0.717) is 17.8 Å². The zero-order valence-electron chi connectivity index (χ0n) is 14.0. The first kappa shape index (κ1) is 16.7. The van der Waals surface area contributed by atoms with Gasteiger partial charge in [-0.25, -0.2) is 0 Å². The molecular weight excluding hydrogens is 232 g/mol. The van der Waals surface area contributed by atoms with Gasteiger partial charge in [-0.3, -0.25) is 0 Å². The van der Waals surface area contributed by atoms with Crippen LogP contribution in [0.3, 0.4) is 0 Å². The van der Waals surface area contributed by atoms with Gasteiger partial charge in [-0.05, 0) is 49.9 Å². The molecule has 4 unspecified atom stereocenters. The van der Waals surface area contributed by atoms with Crippen LogP contribution < -0.4 is 11.5 Å². The van der Waals surface area contributed by atoms with Crippen molar-refractivity contribution in [2.24, 2.45) is 34.6 Å². The van der Waals surface area contributed by atoms with Gasteiger partial charge in [-0.1, -0.05) is 46.8 Å². The summed E-state index contributed by atoms with van der Waals surface area (Å²) >= 11 is 0. The van der Waals surface area contributed by atoms with E-state index in [1.807, 2.05) is 0 Å². The molecule has 0 bridgehead atoms. The second-order valence-corrected chi connectivity index (χ2v) is 8.46. The van der Waals surface area contributed by atoms with Crippen molar-refractivity contribution in [1.29, 1.82) is 0 Å². The highest BCUT2D eigenvalue weighted by atomic mass is 14.8. The maximum atomic E-state index is 6.48. The molecule has 0 aromatic carbocycles. The van der Waals surface area contributed by atoms with E-state index in [4.69, 9.17) is 11.5 Å². The van der Waals surface area contributed by atoms with Crippen LogP contribution in [0.1, 0.15) is 61.3 Å². The minimum Gasteiger partial charge on any atom is -0.322 e. The van der Waals surface area contributed by atoms with Gasteiger partial charge in [0, 0.05) is 11.1 Å². The van der Waals surface area contributed by atoms with E-state index < -0.39 is 0 Å². The smallest absolute Gasteiger partial charge is 0.0316 e. The maximum absolute atomic E-state index is 6.48. The fourth-order valence-corrected chi connectivity index (χ4v) is 4.76. The number of rotatable bonds is 1. The van der Waals surface area contributed by atoms with Gasteiger partial charge in [0.2, 0.25) is 0 Å². The molecule has 0 fully saturated rings. The summed E-state index contributed by atoms with van der Waals surface area (Å²) in [6.45, 7) is 16.0. The SMILES string of the molecule is CC(C)C1C(C)CC(C)(N)/C=C\C(C)(N)CC1(C)C. The van der Waals surface area contributed by atoms with Gasteiger partial charge in [-0.2, -0.15) is 0 Å². The van der Waals surface area contributed by atoms with Crippen LogP contribution in [0, 0.1) is 23.2 Å². The van der Waals surface area contributed by atoms with E-state index in [1.54, 1.807) is 0 Å². The van der Waals surface area contributed by atoms with Gasteiger partial charge >= 0.3 is 0 Å². The summed E-state index contributed by atoms with van der Waals surface area (Å²) in [6, 6.07) is 0. The lowest BCUT2D eigenvalue weighted by atomic mass is 9.62. The minimum atomic E-state index is -0.276. The van der Waals surface area contributed by atoms with Crippen molar-refractivity contribution in [3.05, 3.63) is 12.2 Å². The monoisotopic (exact) mass is 266 g/mol. The Morgan fingerprint density at radius 1 is 1.00 bits per heavy atom. The van der Waals surface area contributed by atoms with E-state index in [0.717, 1.165) is 12.8 Å². The lowest BCUT2D eigenvalue weighted by molar-refractivity contribution is 0.0665. The Labute approximate surface area is 120 Å². The van der Waals surface area contributed by atoms with Crippen LogP contribution >= 0.6 is 0 Å². The molecule has 0 aromatic heterocycles. The predicted octanol–water partition coefficient (Wildman–Crippen LogP) is 3.71. The molecule has 19 heavy (non-hydrogen) atoms. The average Bonchev–Trinajstić information content (AvgIpc) is 2.11. The lowest BCUT2D eigenvalue weighted by Crippen LogP contribution is -2.44. The van der Waals surface area contributed by atoms with E-state index in [9.17, 15) is 0 Å². The highest BCUT2D eigenvalue weighted by Crippen LogP contribution is 2.46. The lowest BCUT2D eigenvalue weighted by Gasteiger charge is -2.44. The predicted molar refractivity (Wildman–Crippen MR) is 84.8 cm³/mol. The number of nitrogens with two attached hydrogens (primary N) is 2. The Morgan fingerprint density at radius 2 is 1.47 bits per heavy atom. The zero-order valence-corrected chi connectivity index (χ0v) is 14.0. The summed E-state index contributed by atoms with van der Waals surface area (Å²) in [5.41, 5.74) is 12.6. The Bertz CT molecular complexity index is 337. The fourth-order valence-electron chi connectivity index (χ4n) is 4.76. The van der Waals surface area contributed by atoms with E-state index >= 15 is 0 Å². The molecule has 1 aliphatic rings. The van der Waals surface area contributed by atoms with Crippen LogP contribution in [0.2, 0.25) is 0 Å². The molecule has 0 saturated heterocycles. The van der Waals surface area contributed by atoms with Crippen molar-refractivity contribution in [2.75, 3.05) is 0 Å². The molecule has 1 rings (SSSR count). The van der Waals surface area contributed by atoms with Crippen LogP contribution in [0.5, 0.6) is 0 Å². The van der Waals surface area contributed by atoms with E-state index in [2.05, 4.69) is 60.6 Å². The molecule has 2 heteroatoms.